The molecule has 4 heteroatoms. The molecule has 0 aliphatic carbocycles. The predicted octanol–water partition coefficient (Wildman–Crippen LogP) is 1.31. The van der Waals surface area contributed by atoms with E-state index < -0.39 is 10.1 Å². The number of rotatable bonds is 2. The van der Waals surface area contributed by atoms with Crippen LogP contribution in [0, 0.1) is 6.92 Å². The van der Waals surface area contributed by atoms with E-state index in [0.29, 0.717) is 6.42 Å². The first-order valence-electron chi connectivity index (χ1n) is 3.39. The van der Waals surface area contributed by atoms with Crippen molar-refractivity contribution < 1.29 is 13.0 Å². The SMILES string of the molecule is [CH2+]Cc1ccc(S(=O)(=O)O)cc1. The van der Waals surface area contributed by atoms with Crippen molar-refractivity contribution in [2.45, 2.75) is 11.3 Å². The molecule has 1 aromatic rings. The van der Waals surface area contributed by atoms with Crippen molar-refractivity contribution >= 4 is 10.1 Å². The fourth-order valence-corrected chi connectivity index (χ4v) is 1.31. The lowest BCUT2D eigenvalue weighted by Crippen LogP contribution is -1.97. The average molecular weight is 185 g/mol. The van der Waals surface area contributed by atoms with Crippen molar-refractivity contribution in [1.82, 2.24) is 0 Å². The molecule has 0 bridgehead atoms. The van der Waals surface area contributed by atoms with Gasteiger partial charge in [0.1, 0.15) is 6.42 Å². The molecule has 0 aliphatic rings. The number of benzene rings is 1. The molecular weight excluding hydrogens is 176 g/mol. The lowest BCUT2D eigenvalue weighted by Gasteiger charge is -1.96. The van der Waals surface area contributed by atoms with Gasteiger partial charge in [0.2, 0.25) is 0 Å². The molecule has 0 heterocycles. The highest BCUT2D eigenvalue weighted by atomic mass is 32.2. The van der Waals surface area contributed by atoms with Crippen LogP contribution in [0.25, 0.3) is 0 Å². The summed E-state index contributed by atoms with van der Waals surface area (Å²) in [6.07, 6.45) is 0.603. The lowest BCUT2D eigenvalue weighted by atomic mass is 10.2. The van der Waals surface area contributed by atoms with Crippen LogP contribution < -0.4 is 0 Å². The number of hydrogen-bond acceptors (Lipinski definition) is 2. The minimum Gasteiger partial charge on any atom is -0.282 e. The maximum absolute atomic E-state index is 10.6. The van der Waals surface area contributed by atoms with Crippen LogP contribution in [0.4, 0.5) is 0 Å². The Balaban J connectivity index is 3.09. The zero-order valence-corrected chi connectivity index (χ0v) is 7.21. The van der Waals surface area contributed by atoms with Gasteiger partial charge in [-0.2, -0.15) is 8.42 Å². The molecule has 0 fully saturated rings. The molecule has 64 valence electrons. The standard InChI is InChI=1S/C8H8O3S/c1-2-7-3-5-8(6-4-7)12(9,10)11/h3-6H,1-2H2/p+1. The van der Waals surface area contributed by atoms with E-state index in [0.717, 1.165) is 5.56 Å². The maximum atomic E-state index is 10.6. The maximum Gasteiger partial charge on any atom is 0.294 e. The van der Waals surface area contributed by atoms with Gasteiger partial charge in [0, 0.05) is 0 Å². The largest absolute Gasteiger partial charge is 0.294 e. The van der Waals surface area contributed by atoms with E-state index in [4.69, 9.17) is 4.55 Å². The zero-order chi connectivity index (χ0) is 9.19. The Hall–Kier alpha value is -1.00. The molecule has 3 nitrogen and oxygen atoms in total. The summed E-state index contributed by atoms with van der Waals surface area (Å²) in [5.41, 5.74) is 0.933. The summed E-state index contributed by atoms with van der Waals surface area (Å²) >= 11 is 0. The first-order valence-corrected chi connectivity index (χ1v) is 4.84. The molecule has 0 unspecified atom stereocenters. The van der Waals surface area contributed by atoms with E-state index in [1.165, 1.54) is 12.1 Å². The minimum absolute atomic E-state index is 0.0836. The Bertz CT molecular complexity index is 350. The zero-order valence-electron chi connectivity index (χ0n) is 6.40. The van der Waals surface area contributed by atoms with Crippen LogP contribution in [0.5, 0.6) is 0 Å². The lowest BCUT2D eigenvalue weighted by molar-refractivity contribution is 0.483. The minimum atomic E-state index is -4.05. The average Bonchev–Trinajstić information content (AvgIpc) is 2.03. The van der Waals surface area contributed by atoms with Crippen molar-refractivity contribution in [3.8, 4) is 0 Å². The van der Waals surface area contributed by atoms with E-state index in [9.17, 15) is 8.42 Å². The molecule has 1 N–H and O–H groups in total. The third kappa shape index (κ3) is 1.99. The summed E-state index contributed by atoms with van der Waals surface area (Å²) in [6, 6.07) is 5.96. The van der Waals surface area contributed by atoms with Gasteiger partial charge in [-0.3, -0.25) is 4.55 Å². The third-order valence-corrected chi connectivity index (χ3v) is 2.38. The van der Waals surface area contributed by atoms with Crippen molar-refractivity contribution in [3.63, 3.8) is 0 Å². The van der Waals surface area contributed by atoms with Gasteiger partial charge in [0.25, 0.3) is 10.1 Å². The molecule has 1 aromatic carbocycles. The molecule has 1 rings (SSSR count). The Morgan fingerprint density at radius 2 is 1.75 bits per heavy atom. The van der Waals surface area contributed by atoms with Crippen LogP contribution in [0.15, 0.2) is 29.2 Å². The summed E-state index contributed by atoms with van der Waals surface area (Å²) in [7, 11) is -4.05. The Kier molecular flexibility index (Phi) is 2.40. The smallest absolute Gasteiger partial charge is 0.282 e. The molecule has 0 atom stereocenters. The first kappa shape index (κ1) is 9.09. The van der Waals surface area contributed by atoms with Crippen LogP contribution in [0.1, 0.15) is 5.56 Å². The first-order chi connectivity index (χ1) is 5.54. The summed E-state index contributed by atoms with van der Waals surface area (Å²) in [6.45, 7) is 3.64. The predicted molar refractivity (Wildman–Crippen MR) is 45.3 cm³/mol. The van der Waals surface area contributed by atoms with Crippen LogP contribution in [-0.2, 0) is 16.5 Å². The van der Waals surface area contributed by atoms with Crippen molar-refractivity contribution in [3.05, 3.63) is 36.8 Å². The monoisotopic (exact) mass is 185 g/mol. The second-order valence-corrected chi connectivity index (χ2v) is 3.79. The second-order valence-electron chi connectivity index (χ2n) is 2.37. The Labute approximate surface area is 71.8 Å². The fourth-order valence-electron chi connectivity index (χ4n) is 0.828. The molecule has 0 radical (unpaired) electrons. The highest BCUT2D eigenvalue weighted by Gasteiger charge is 2.07. The molecule has 0 saturated heterocycles. The van der Waals surface area contributed by atoms with E-state index >= 15 is 0 Å². The molecule has 0 spiro atoms. The van der Waals surface area contributed by atoms with Gasteiger partial charge >= 0.3 is 0 Å². The number of hydrogen-bond donors (Lipinski definition) is 1. The van der Waals surface area contributed by atoms with E-state index in [-0.39, 0.29) is 4.90 Å². The summed E-state index contributed by atoms with van der Waals surface area (Å²) < 4.78 is 29.8. The normalized spacial score (nSPS) is 11.4. The van der Waals surface area contributed by atoms with E-state index in [1.54, 1.807) is 12.1 Å². The summed E-state index contributed by atoms with van der Waals surface area (Å²) in [5, 5.41) is 0. The van der Waals surface area contributed by atoms with Gasteiger partial charge in [-0.25, -0.2) is 0 Å². The second kappa shape index (κ2) is 3.16. The van der Waals surface area contributed by atoms with Crippen LogP contribution in [0.2, 0.25) is 0 Å². The molecule has 0 aromatic heterocycles. The Morgan fingerprint density at radius 1 is 1.25 bits per heavy atom. The Morgan fingerprint density at radius 3 is 2.08 bits per heavy atom. The molecule has 0 amide bonds. The van der Waals surface area contributed by atoms with Gasteiger partial charge in [-0.15, -0.1) is 0 Å². The summed E-state index contributed by atoms with van der Waals surface area (Å²) in [5.74, 6) is 0. The van der Waals surface area contributed by atoms with Gasteiger partial charge in [0.05, 0.1) is 11.8 Å². The fraction of sp³-hybridized carbons (Fsp3) is 0.125. The van der Waals surface area contributed by atoms with Crippen LogP contribution in [0.3, 0.4) is 0 Å². The van der Waals surface area contributed by atoms with Gasteiger partial charge in [0.15, 0.2) is 0 Å². The van der Waals surface area contributed by atoms with E-state index in [1.807, 2.05) is 0 Å². The molecule has 0 aliphatic heterocycles. The van der Waals surface area contributed by atoms with Gasteiger partial charge in [-0.1, -0.05) is 12.1 Å². The molecular formula is C8H9O3S+. The van der Waals surface area contributed by atoms with Gasteiger partial charge in [-0.05, 0) is 17.7 Å². The van der Waals surface area contributed by atoms with Crippen molar-refractivity contribution in [2.75, 3.05) is 0 Å². The summed E-state index contributed by atoms with van der Waals surface area (Å²) in [4.78, 5) is -0.0836. The van der Waals surface area contributed by atoms with E-state index in [2.05, 4.69) is 6.92 Å². The third-order valence-electron chi connectivity index (χ3n) is 1.51. The molecule has 12 heavy (non-hydrogen) atoms. The molecule has 0 saturated carbocycles. The van der Waals surface area contributed by atoms with Gasteiger partial charge < -0.3 is 0 Å². The highest BCUT2D eigenvalue weighted by molar-refractivity contribution is 7.85. The topological polar surface area (TPSA) is 54.4 Å². The van der Waals surface area contributed by atoms with Crippen LogP contribution in [-0.4, -0.2) is 13.0 Å². The van der Waals surface area contributed by atoms with Crippen molar-refractivity contribution in [2.24, 2.45) is 0 Å². The van der Waals surface area contributed by atoms with Crippen LogP contribution >= 0.6 is 0 Å². The quantitative estimate of drug-likeness (QED) is 0.558. The van der Waals surface area contributed by atoms with Crippen molar-refractivity contribution in [1.29, 1.82) is 0 Å². The highest BCUT2D eigenvalue weighted by Crippen LogP contribution is 2.09.